The summed E-state index contributed by atoms with van der Waals surface area (Å²) in [6.45, 7) is 2.47. The summed E-state index contributed by atoms with van der Waals surface area (Å²) in [4.78, 5) is 0. The van der Waals surface area contributed by atoms with Gasteiger partial charge in [-0.25, -0.2) is 0 Å². The molecule has 0 spiro atoms. The van der Waals surface area contributed by atoms with E-state index in [1.165, 1.54) is 42.9 Å². The fourth-order valence-electron chi connectivity index (χ4n) is 3.42. The Morgan fingerprint density at radius 1 is 0.900 bits per heavy atom. The molecule has 0 radical (unpaired) electrons. The molecule has 0 aliphatic heterocycles. The molecule has 0 aromatic heterocycles. The second-order valence-corrected chi connectivity index (χ2v) is 4.66. The monoisotopic (exact) mass is 136 g/mol. The number of rotatable bonds is 0. The first-order chi connectivity index (χ1) is 4.89. The second-order valence-electron chi connectivity index (χ2n) is 4.66. The summed E-state index contributed by atoms with van der Waals surface area (Å²) in [5.74, 6) is 6.02. The Hall–Kier alpha value is 0. The molecule has 3 aliphatic rings. The molecule has 3 unspecified atom stereocenters. The summed E-state index contributed by atoms with van der Waals surface area (Å²) < 4.78 is 0. The van der Waals surface area contributed by atoms with Crippen LogP contribution in [0.5, 0.6) is 0 Å². The third-order valence-electron chi connectivity index (χ3n) is 4.14. The predicted molar refractivity (Wildman–Crippen MR) is 41.6 cm³/mol. The van der Waals surface area contributed by atoms with E-state index in [1.54, 1.807) is 6.42 Å². The summed E-state index contributed by atoms with van der Waals surface area (Å²) in [6.07, 6.45) is 6.17. The van der Waals surface area contributed by atoms with E-state index in [9.17, 15) is 0 Å². The van der Waals surface area contributed by atoms with Crippen LogP contribution < -0.4 is 0 Å². The van der Waals surface area contributed by atoms with Crippen molar-refractivity contribution in [3.63, 3.8) is 0 Å². The first kappa shape index (κ1) is 5.62. The molecular formula is C10H16. The van der Waals surface area contributed by atoms with Gasteiger partial charge in [0.15, 0.2) is 0 Å². The molecule has 0 bridgehead atoms. The maximum Gasteiger partial charge on any atom is -0.0315 e. The molecule has 0 heterocycles. The van der Waals surface area contributed by atoms with Gasteiger partial charge >= 0.3 is 0 Å². The molecule has 0 N–H and O–H groups in total. The van der Waals surface area contributed by atoms with Crippen LogP contribution in [0.2, 0.25) is 0 Å². The van der Waals surface area contributed by atoms with Crippen molar-refractivity contribution in [2.45, 2.75) is 32.6 Å². The molecule has 0 amide bonds. The van der Waals surface area contributed by atoms with E-state index in [2.05, 4.69) is 6.92 Å². The van der Waals surface area contributed by atoms with Gasteiger partial charge in [0.1, 0.15) is 0 Å². The van der Waals surface area contributed by atoms with Crippen LogP contribution in [-0.4, -0.2) is 0 Å². The van der Waals surface area contributed by atoms with Gasteiger partial charge in [-0.15, -0.1) is 0 Å². The van der Waals surface area contributed by atoms with E-state index >= 15 is 0 Å². The Kier molecular flexibility index (Phi) is 0.898. The average molecular weight is 136 g/mol. The van der Waals surface area contributed by atoms with Crippen LogP contribution in [0.15, 0.2) is 0 Å². The molecule has 0 aromatic rings. The second kappa shape index (κ2) is 1.60. The molecule has 0 aromatic carbocycles. The van der Waals surface area contributed by atoms with Gasteiger partial charge in [0, 0.05) is 0 Å². The molecule has 3 aliphatic carbocycles. The highest BCUT2D eigenvalue weighted by Gasteiger charge is 2.73. The van der Waals surface area contributed by atoms with Gasteiger partial charge in [-0.1, -0.05) is 26.2 Å². The lowest BCUT2D eigenvalue weighted by atomic mass is 9.84. The van der Waals surface area contributed by atoms with Crippen molar-refractivity contribution >= 4 is 0 Å². The van der Waals surface area contributed by atoms with E-state index in [0.717, 1.165) is 5.92 Å². The van der Waals surface area contributed by atoms with Gasteiger partial charge in [0.25, 0.3) is 0 Å². The maximum absolute atomic E-state index is 2.47. The third kappa shape index (κ3) is 0.538. The Labute approximate surface area is 63.0 Å². The van der Waals surface area contributed by atoms with Gasteiger partial charge in [-0.3, -0.25) is 0 Å². The van der Waals surface area contributed by atoms with Crippen LogP contribution in [0.4, 0.5) is 0 Å². The minimum atomic E-state index is 1.09. The van der Waals surface area contributed by atoms with Crippen LogP contribution >= 0.6 is 0 Å². The van der Waals surface area contributed by atoms with Gasteiger partial charge in [-0.2, -0.15) is 0 Å². The molecule has 0 heteroatoms. The molecule has 3 atom stereocenters. The average Bonchev–Trinajstić information content (AvgIpc) is 2.65. The summed E-state index contributed by atoms with van der Waals surface area (Å²) in [5.41, 5.74) is 0. The van der Waals surface area contributed by atoms with Crippen molar-refractivity contribution in [3.8, 4) is 0 Å². The van der Waals surface area contributed by atoms with Gasteiger partial charge in [0.2, 0.25) is 0 Å². The fraction of sp³-hybridized carbons (Fsp3) is 1.00. The summed E-state index contributed by atoms with van der Waals surface area (Å²) in [6, 6.07) is 0. The highest BCUT2D eigenvalue weighted by atomic mass is 14.8. The van der Waals surface area contributed by atoms with E-state index in [1.807, 2.05) is 0 Å². The first-order valence-electron chi connectivity index (χ1n) is 4.89. The predicted octanol–water partition coefficient (Wildman–Crippen LogP) is 2.69. The highest BCUT2D eigenvalue weighted by molar-refractivity contribution is 5.20. The molecule has 0 nitrogen and oxygen atoms in total. The third-order valence-corrected chi connectivity index (χ3v) is 4.14. The lowest BCUT2D eigenvalue weighted by Gasteiger charge is -2.21. The molecule has 3 rings (SSSR count). The minimum absolute atomic E-state index is 1.09. The van der Waals surface area contributed by atoms with Crippen LogP contribution in [0.1, 0.15) is 32.6 Å². The quantitative estimate of drug-likeness (QED) is 0.480. The topological polar surface area (TPSA) is 0 Å². The van der Waals surface area contributed by atoms with E-state index in [-0.39, 0.29) is 0 Å². The smallest absolute Gasteiger partial charge is 0.0315 e. The van der Waals surface area contributed by atoms with Crippen LogP contribution in [0.3, 0.4) is 0 Å². The standard InChI is InChI=1S/C10H16/c1-6-4-2-3-5-7-9-8(6)10(7)9/h6-10H,2-5H2,1H3. The normalized spacial score (nSPS) is 63.9. The van der Waals surface area contributed by atoms with Crippen LogP contribution in [0.25, 0.3) is 0 Å². The van der Waals surface area contributed by atoms with Crippen molar-refractivity contribution in [1.82, 2.24) is 0 Å². The Bertz CT molecular complexity index is 151. The molecule has 0 saturated heterocycles. The van der Waals surface area contributed by atoms with Gasteiger partial charge in [-0.05, 0) is 36.0 Å². The zero-order valence-corrected chi connectivity index (χ0v) is 6.72. The van der Waals surface area contributed by atoms with Crippen molar-refractivity contribution in [2.24, 2.45) is 29.6 Å². The van der Waals surface area contributed by atoms with E-state index in [4.69, 9.17) is 0 Å². The van der Waals surface area contributed by atoms with Crippen molar-refractivity contribution in [2.75, 3.05) is 0 Å². The first-order valence-corrected chi connectivity index (χ1v) is 4.89. The molecule has 10 heavy (non-hydrogen) atoms. The molecule has 3 fully saturated rings. The lowest BCUT2D eigenvalue weighted by molar-refractivity contribution is 0.284. The largest absolute Gasteiger partial charge is 0.0622 e. The maximum atomic E-state index is 2.47. The van der Waals surface area contributed by atoms with E-state index < -0.39 is 0 Å². The van der Waals surface area contributed by atoms with Crippen molar-refractivity contribution in [1.29, 1.82) is 0 Å². The molecule has 3 saturated carbocycles. The van der Waals surface area contributed by atoms with E-state index in [0.29, 0.717) is 0 Å². The van der Waals surface area contributed by atoms with Crippen molar-refractivity contribution < 1.29 is 0 Å². The Morgan fingerprint density at radius 3 is 2.40 bits per heavy atom. The number of hydrogen-bond donors (Lipinski definition) is 0. The summed E-state index contributed by atoms with van der Waals surface area (Å²) >= 11 is 0. The lowest BCUT2D eigenvalue weighted by Crippen LogP contribution is -2.13. The van der Waals surface area contributed by atoms with Gasteiger partial charge in [0.05, 0.1) is 0 Å². The van der Waals surface area contributed by atoms with Crippen molar-refractivity contribution in [3.05, 3.63) is 0 Å². The molecular weight excluding hydrogens is 120 g/mol. The van der Waals surface area contributed by atoms with Gasteiger partial charge < -0.3 is 0 Å². The number of fused-ring (bicyclic) bond motifs is 2. The Balaban J connectivity index is 1.72. The zero-order valence-electron chi connectivity index (χ0n) is 6.72. The SMILES string of the molecule is CC1CCCCC2C3C1C23. The highest BCUT2D eigenvalue weighted by Crippen LogP contribution is 2.77. The number of hydrogen-bond acceptors (Lipinski definition) is 0. The zero-order chi connectivity index (χ0) is 6.72. The summed E-state index contributed by atoms with van der Waals surface area (Å²) in [5, 5.41) is 0. The Morgan fingerprint density at radius 2 is 1.60 bits per heavy atom. The minimum Gasteiger partial charge on any atom is -0.0622 e. The fourth-order valence-corrected chi connectivity index (χ4v) is 3.42. The summed E-state index contributed by atoms with van der Waals surface area (Å²) in [7, 11) is 0. The van der Waals surface area contributed by atoms with Crippen LogP contribution in [-0.2, 0) is 0 Å². The van der Waals surface area contributed by atoms with Crippen LogP contribution in [0, 0.1) is 29.6 Å². The molecule has 56 valence electrons.